The maximum atomic E-state index is 12.2. The lowest BCUT2D eigenvalue weighted by Gasteiger charge is -2.15. The summed E-state index contributed by atoms with van der Waals surface area (Å²) in [5, 5.41) is 0. The molecule has 1 aromatic carbocycles. The van der Waals surface area contributed by atoms with E-state index >= 15 is 0 Å². The minimum absolute atomic E-state index is 0.184. The molecule has 1 saturated heterocycles. The molecular weight excluding hydrogens is 276 g/mol. The Kier molecular flexibility index (Phi) is 5.36. The Morgan fingerprint density at radius 1 is 1.20 bits per heavy atom. The highest BCUT2D eigenvalue weighted by Crippen LogP contribution is 2.19. The molecule has 0 bridgehead atoms. The summed E-state index contributed by atoms with van der Waals surface area (Å²) >= 11 is 0. The van der Waals surface area contributed by atoms with Gasteiger partial charge in [-0.1, -0.05) is 12.1 Å². The van der Waals surface area contributed by atoms with E-state index in [0.717, 1.165) is 26.1 Å². The number of nitrogen functional groups attached to an aromatic ring is 1. The molecule has 1 fully saturated rings. The molecular formula is C13H22N4O2S. The number of sulfonamides is 1. The summed E-state index contributed by atoms with van der Waals surface area (Å²) in [6.45, 7) is 3.65. The quantitative estimate of drug-likeness (QED) is 0.392. The monoisotopic (exact) mass is 298 g/mol. The number of nitrogens with one attached hydrogen (secondary N) is 2. The van der Waals surface area contributed by atoms with Crippen molar-refractivity contribution in [3.05, 3.63) is 24.3 Å². The largest absolute Gasteiger partial charge is 0.323 e. The van der Waals surface area contributed by atoms with Gasteiger partial charge >= 0.3 is 0 Å². The highest BCUT2D eigenvalue weighted by atomic mass is 32.2. The molecule has 4 N–H and O–H groups in total. The fraction of sp³-hybridized carbons (Fsp3) is 0.538. The first kappa shape index (κ1) is 15.2. The fourth-order valence-corrected chi connectivity index (χ4v) is 3.66. The summed E-state index contributed by atoms with van der Waals surface area (Å²) in [5.74, 6) is 5.34. The van der Waals surface area contributed by atoms with E-state index in [1.54, 1.807) is 18.2 Å². The zero-order valence-corrected chi connectivity index (χ0v) is 12.3. The van der Waals surface area contributed by atoms with Crippen LogP contribution in [0.25, 0.3) is 0 Å². The van der Waals surface area contributed by atoms with Gasteiger partial charge in [0.1, 0.15) is 4.90 Å². The van der Waals surface area contributed by atoms with Crippen LogP contribution in [0.4, 0.5) is 5.69 Å². The van der Waals surface area contributed by atoms with Crippen LogP contribution >= 0.6 is 0 Å². The number of anilines is 1. The summed E-state index contributed by atoms with van der Waals surface area (Å²) in [7, 11) is -3.51. The SMILES string of the molecule is NNc1ccccc1S(=O)(=O)NCCCN1CCCC1. The molecule has 0 atom stereocenters. The summed E-state index contributed by atoms with van der Waals surface area (Å²) in [5.41, 5.74) is 2.81. The predicted octanol–water partition coefficient (Wildman–Crippen LogP) is 0.736. The van der Waals surface area contributed by atoms with Crippen LogP contribution in [-0.2, 0) is 10.0 Å². The van der Waals surface area contributed by atoms with E-state index in [1.165, 1.54) is 18.9 Å². The van der Waals surface area contributed by atoms with Crippen LogP contribution in [0.2, 0.25) is 0 Å². The zero-order valence-electron chi connectivity index (χ0n) is 11.5. The van der Waals surface area contributed by atoms with Crippen molar-refractivity contribution >= 4 is 15.7 Å². The van der Waals surface area contributed by atoms with Gasteiger partial charge in [-0.3, -0.25) is 5.84 Å². The third-order valence-electron chi connectivity index (χ3n) is 3.47. The van der Waals surface area contributed by atoms with E-state index in [1.807, 2.05) is 0 Å². The van der Waals surface area contributed by atoms with Crippen molar-refractivity contribution in [2.45, 2.75) is 24.2 Å². The van der Waals surface area contributed by atoms with E-state index in [4.69, 9.17) is 5.84 Å². The Morgan fingerprint density at radius 3 is 2.60 bits per heavy atom. The molecule has 112 valence electrons. The minimum Gasteiger partial charge on any atom is -0.323 e. The fourth-order valence-electron chi connectivity index (χ4n) is 2.41. The molecule has 0 unspecified atom stereocenters. The number of nitrogens with zero attached hydrogens (tertiary/aromatic N) is 1. The van der Waals surface area contributed by atoms with Crippen LogP contribution in [0.3, 0.4) is 0 Å². The molecule has 2 rings (SSSR count). The van der Waals surface area contributed by atoms with Gasteiger partial charge in [-0.25, -0.2) is 13.1 Å². The van der Waals surface area contributed by atoms with Crippen LogP contribution in [0, 0.1) is 0 Å². The van der Waals surface area contributed by atoms with Gasteiger partial charge in [0.2, 0.25) is 10.0 Å². The first-order valence-electron chi connectivity index (χ1n) is 6.91. The lowest BCUT2D eigenvalue weighted by molar-refractivity contribution is 0.334. The molecule has 0 aromatic heterocycles. The Morgan fingerprint density at radius 2 is 1.90 bits per heavy atom. The molecule has 20 heavy (non-hydrogen) atoms. The number of para-hydroxylation sites is 1. The number of hydrogen-bond acceptors (Lipinski definition) is 5. The van der Waals surface area contributed by atoms with Crippen LogP contribution in [0.1, 0.15) is 19.3 Å². The molecule has 0 radical (unpaired) electrons. The smallest absolute Gasteiger partial charge is 0.242 e. The van der Waals surface area contributed by atoms with E-state index in [0.29, 0.717) is 12.2 Å². The molecule has 1 aliphatic heterocycles. The van der Waals surface area contributed by atoms with Crippen LogP contribution in [-0.4, -0.2) is 39.5 Å². The summed E-state index contributed by atoms with van der Waals surface area (Å²) < 4.78 is 27.0. The lowest BCUT2D eigenvalue weighted by atomic mass is 10.3. The molecule has 0 spiro atoms. The maximum absolute atomic E-state index is 12.2. The normalized spacial score (nSPS) is 16.4. The van der Waals surface area contributed by atoms with Gasteiger partial charge in [-0.2, -0.15) is 0 Å². The minimum atomic E-state index is -3.51. The van der Waals surface area contributed by atoms with Gasteiger partial charge < -0.3 is 10.3 Å². The lowest BCUT2D eigenvalue weighted by Crippen LogP contribution is -2.29. The van der Waals surface area contributed by atoms with Crippen molar-refractivity contribution in [1.29, 1.82) is 0 Å². The van der Waals surface area contributed by atoms with Gasteiger partial charge in [0, 0.05) is 6.54 Å². The van der Waals surface area contributed by atoms with Crippen LogP contribution < -0.4 is 16.0 Å². The van der Waals surface area contributed by atoms with Crippen molar-refractivity contribution in [2.24, 2.45) is 5.84 Å². The maximum Gasteiger partial charge on any atom is 0.242 e. The standard InChI is InChI=1S/C13H22N4O2S/c14-16-12-6-1-2-7-13(12)20(18,19)15-8-5-11-17-9-3-4-10-17/h1-2,6-7,15-16H,3-5,8-11,14H2. The van der Waals surface area contributed by atoms with Crippen LogP contribution in [0.5, 0.6) is 0 Å². The number of hydrogen-bond donors (Lipinski definition) is 3. The second-order valence-electron chi connectivity index (χ2n) is 4.94. The predicted molar refractivity (Wildman–Crippen MR) is 79.7 cm³/mol. The van der Waals surface area contributed by atoms with Crippen LogP contribution in [0.15, 0.2) is 29.2 Å². The number of rotatable bonds is 7. The first-order chi connectivity index (χ1) is 9.63. The zero-order chi connectivity index (χ0) is 14.4. The van der Waals surface area contributed by atoms with Gasteiger partial charge in [0.25, 0.3) is 0 Å². The van der Waals surface area contributed by atoms with Gasteiger partial charge in [-0.05, 0) is 51.0 Å². The molecule has 0 amide bonds. The average molecular weight is 298 g/mol. The Hall–Kier alpha value is -1.15. The third-order valence-corrected chi connectivity index (χ3v) is 4.99. The Labute approximate surface area is 120 Å². The van der Waals surface area contributed by atoms with Gasteiger partial charge in [0.05, 0.1) is 5.69 Å². The second kappa shape index (κ2) is 7.03. The molecule has 1 aliphatic rings. The topological polar surface area (TPSA) is 87.5 Å². The highest BCUT2D eigenvalue weighted by Gasteiger charge is 2.17. The van der Waals surface area contributed by atoms with E-state index in [-0.39, 0.29) is 4.90 Å². The van der Waals surface area contributed by atoms with Crippen molar-refractivity contribution in [1.82, 2.24) is 9.62 Å². The van der Waals surface area contributed by atoms with E-state index < -0.39 is 10.0 Å². The highest BCUT2D eigenvalue weighted by molar-refractivity contribution is 7.89. The van der Waals surface area contributed by atoms with Gasteiger partial charge in [0.15, 0.2) is 0 Å². The Bertz CT molecular complexity index is 527. The molecule has 1 heterocycles. The Balaban J connectivity index is 1.87. The molecule has 6 nitrogen and oxygen atoms in total. The number of hydrazine groups is 1. The van der Waals surface area contributed by atoms with Crippen molar-refractivity contribution < 1.29 is 8.42 Å². The third kappa shape index (κ3) is 3.92. The van der Waals surface area contributed by atoms with Crippen molar-refractivity contribution in [3.8, 4) is 0 Å². The molecule has 0 saturated carbocycles. The summed E-state index contributed by atoms with van der Waals surface area (Å²) in [4.78, 5) is 2.55. The van der Waals surface area contributed by atoms with Crippen molar-refractivity contribution in [3.63, 3.8) is 0 Å². The van der Waals surface area contributed by atoms with Gasteiger partial charge in [-0.15, -0.1) is 0 Å². The molecule has 1 aromatic rings. The molecule has 0 aliphatic carbocycles. The van der Waals surface area contributed by atoms with E-state index in [2.05, 4.69) is 15.0 Å². The van der Waals surface area contributed by atoms with Crippen molar-refractivity contribution in [2.75, 3.05) is 31.6 Å². The number of likely N-dealkylation sites (tertiary alicyclic amines) is 1. The number of nitrogens with two attached hydrogens (primary N) is 1. The molecule has 7 heteroatoms. The summed E-state index contributed by atoms with van der Waals surface area (Å²) in [6.07, 6.45) is 3.32. The number of benzene rings is 1. The first-order valence-corrected chi connectivity index (χ1v) is 8.39. The van der Waals surface area contributed by atoms with E-state index in [9.17, 15) is 8.42 Å². The summed E-state index contributed by atoms with van der Waals surface area (Å²) in [6, 6.07) is 6.60. The average Bonchev–Trinajstić information content (AvgIpc) is 2.97. The second-order valence-corrected chi connectivity index (χ2v) is 6.68.